The minimum Gasteiger partial charge on any atom is -0.461 e. The smallest absolute Gasteiger partial charge is 0.357 e. The SMILES string of the molecule is CCCc1nc(CO)c(C(=O)OCC)n1Cc1ccc(-c2ccccc2C(=O)OC(C)(C)C)cc1. The topological polar surface area (TPSA) is 90.6 Å². The first-order valence-corrected chi connectivity index (χ1v) is 12.0. The number of benzene rings is 2. The lowest BCUT2D eigenvalue weighted by atomic mass is 9.98. The molecule has 1 aromatic heterocycles. The van der Waals surface area contributed by atoms with Crippen molar-refractivity contribution in [2.45, 2.75) is 66.2 Å². The molecule has 0 atom stereocenters. The molecular weight excluding hydrogens is 444 g/mol. The summed E-state index contributed by atoms with van der Waals surface area (Å²) in [6.45, 7) is 9.64. The lowest BCUT2D eigenvalue weighted by Gasteiger charge is -2.20. The molecule has 2 aromatic carbocycles. The van der Waals surface area contributed by atoms with E-state index in [-0.39, 0.29) is 24.9 Å². The van der Waals surface area contributed by atoms with Gasteiger partial charge in [0.2, 0.25) is 0 Å². The van der Waals surface area contributed by atoms with Crippen LogP contribution in [0.2, 0.25) is 0 Å². The van der Waals surface area contributed by atoms with Gasteiger partial charge in [-0.1, -0.05) is 49.4 Å². The highest BCUT2D eigenvalue weighted by molar-refractivity contribution is 5.97. The molecule has 1 heterocycles. The molecule has 0 aliphatic heterocycles. The van der Waals surface area contributed by atoms with Gasteiger partial charge in [-0.15, -0.1) is 0 Å². The molecule has 0 spiro atoms. The van der Waals surface area contributed by atoms with Gasteiger partial charge in [-0.2, -0.15) is 0 Å². The van der Waals surface area contributed by atoms with Crippen molar-refractivity contribution in [3.8, 4) is 11.1 Å². The summed E-state index contributed by atoms with van der Waals surface area (Å²) < 4.78 is 12.6. The van der Waals surface area contributed by atoms with Gasteiger partial charge in [0.05, 0.1) is 24.5 Å². The lowest BCUT2D eigenvalue weighted by Crippen LogP contribution is -2.24. The van der Waals surface area contributed by atoms with Crippen LogP contribution in [0.3, 0.4) is 0 Å². The van der Waals surface area contributed by atoms with Gasteiger partial charge >= 0.3 is 11.9 Å². The molecule has 0 bridgehead atoms. The predicted octanol–water partition coefficient (Wildman–Crippen LogP) is 5.18. The number of rotatable bonds is 9. The van der Waals surface area contributed by atoms with Crippen LogP contribution in [0.5, 0.6) is 0 Å². The maximum absolute atomic E-state index is 12.8. The van der Waals surface area contributed by atoms with E-state index in [2.05, 4.69) is 4.98 Å². The Kier molecular flexibility index (Phi) is 8.46. The molecule has 0 unspecified atom stereocenters. The summed E-state index contributed by atoms with van der Waals surface area (Å²) in [5.74, 6) is -0.122. The van der Waals surface area contributed by atoms with Gasteiger partial charge in [0, 0.05) is 13.0 Å². The fraction of sp³-hybridized carbons (Fsp3) is 0.393. The largest absolute Gasteiger partial charge is 0.461 e. The van der Waals surface area contributed by atoms with E-state index < -0.39 is 11.6 Å². The van der Waals surface area contributed by atoms with Crippen molar-refractivity contribution in [3.63, 3.8) is 0 Å². The van der Waals surface area contributed by atoms with Crippen LogP contribution in [0.25, 0.3) is 11.1 Å². The van der Waals surface area contributed by atoms with Crippen LogP contribution < -0.4 is 0 Å². The molecular formula is C28H34N2O5. The first-order valence-electron chi connectivity index (χ1n) is 12.0. The highest BCUT2D eigenvalue weighted by atomic mass is 16.6. The Bertz CT molecular complexity index is 1170. The quantitative estimate of drug-likeness (QED) is 0.427. The fourth-order valence-electron chi connectivity index (χ4n) is 3.89. The highest BCUT2D eigenvalue weighted by Gasteiger charge is 2.24. The minimum atomic E-state index is -0.584. The van der Waals surface area contributed by atoms with E-state index in [0.717, 1.165) is 28.9 Å². The third-order valence-corrected chi connectivity index (χ3v) is 5.36. The molecule has 186 valence electrons. The fourth-order valence-corrected chi connectivity index (χ4v) is 3.89. The maximum atomic E-state index is 12.8. The maximum Gasteiger partial charge on any atom is 0.357 e. The number of ether oxygens (including phenoxy) is 2. The van der Waals surface area contributed by atoms with E-state index in [0.29, 0.717) is 24.2 Å². The average Bonchev–Trinajstić information content (AvgIpc) is 3.16. The Morgan fingerprint density at radius 3 is 2.29 bits per heavy atom. The first-order chi connectivity index (χ1) is 16.7. The lowest BCUT2D eigenvalue weighted by molar-refractivity contribution is 0.00702. The molecule has 3 aromatic rings. The van der Waals surface area contributed by atoms with E-state index >= 15 is 0 Å². The number of carbonyl (C=O) groups is 2. The highest BCUT2D eigenvalue weighted by Crippen LogP contribution is 2.27. The number of aliphatic hydroxyl groups is 1. The van der Waals surface area contributed by atoms with Crippen LogP contribution in [-0.2, 0) is 29.0 Å². The molecule has 7 nitrogen and oxygen atoms in total. The molecule has 0 aliphatic carbocycles. The van der Waals surface area contributed by atoms with E-state index in [1.54, 1.807) is 13.0 Å². The number of hydrogen-bond donors (Lipinski definition) is 1. The molecule has 3 rings (SSSR count). The zero-order valence-corrected chi connectivity index (χ0v) is 21.1. The summed E-state index contributed by atoms with van der Waals surface area (Å²) in [4.78, 5) is 29.9. The molecule has 0 radical (unpaired) electrons. The van der Waals surface area contributed by atoms with E-state index in [1.807, 2.05) is 74.7 Å². The molecule has 0 amide bonds. The minimum absolute atomic E-state index is 0.240. The summed E-state index contributed by atoms with van der Waals surface area (Å²) in [6, 6.07) is 15.2. The monoisotopic (exact) mass is 478 g/mol. The molecule has 0 saturated carbocycles. The Morgan fingerprint density at radius 2 is 1.69 bits per heavy atom. The number of aryl methyl sites for hydroxylation is 1. The number of esters is 2. The molecule has 7 heteroatoms. The van der Waals surface area contributed by atoms with Crippen molar-refractivity contribution in [3.05, 3.63) is 76.9 Å². The zero-order valence-electron chi connectivity index (χ0n) is 21.1. The molecule has 35 heavy (non-hydrogen) atoms. The normalized spacial score (nSPS) is 11.4. The van der Waals surface area contributed by atoms with E-state index in [4.69, 9.17) is 9.47 Å². The Morgan fingerprint density at radius 1 is 1.00 bits per heavy atom. The van der Waals surface area contributed by atoms with Gasteiger partial charge in [-0.3, -0.25) is 0 Å². The number of nitrogens with zero attached hydrogens (tertiary/aromatic N) is 2. The number of hydrogen-bond acceptors (Lipinski definition) is 6. The molecule has 1 N–H and O–H groups in total. The van der Waals surface area contributed by atoms with Crippen LogP contribution in [-0.4, -0.2) is 38.8 Å². The van der Waals surface area contributed by atoms with Crippen LogP contribution in [0.1, 0.15) is 79.0 Å². The number of carbonyl (C=O) groups excluding carboxylic acids is 2. The van der Waals surface area contributed by atoms with Crippen molar-refractivity contribution in [1.82, 2.24) is 9.55 Å². The van der Waals surface area contributed by atoms with Crippen LogP contribution in [0.15, 0.2) is 48.5 Å². The van der Waals surface area contributed by atoms with Crippen LogP contribution in [0, 0.1) is 0 Å². The summed E-state index contributed by atoms with van der Waals surface area (Å²) in [5, 5.41) is 9.79. The number of aromatic nitrogens is 2. The molecule has 0 aliphatic rings. The van der Waals surface area contributed by atoms with Crippen molar-refractivity contribution in [2.75, 3.05) is 6.61 Å². The van der Waals surface area contributed by atoms with Crippen molar-refractivity contribution < 1.29 is 24.2 Å². The second-order valence-electron chi connectivity index (χ2n) is 9.28. The van der Waals surface area contributed by atoms with Crippen LogP contribution >= 0.6 is 0 Å². The van der Waals surface area contributed by atoms with Gasteiger partial charge < -0.3 is 19.1 Å². The summed E-state index contributed by atoms with van der Waals surface area (Å²) >= 11 is 0. The van der Waals surface area contributed by atoms with E-state index in [1.165, 1.54) is 0 Å². The first kappa shape index (κ1) is 26.2. The second kappa shape index (κ2) is 11.3. The Balaban J connectivity index is 1.94. The van der Waals surface area contributed by atoms with Crippen molar-refractivity contribution in [2.24, 2.45) is 0 Å². The third-order valence-electron chi connectivity index (χ3n) is 5.36. The Labute approximate surface area is 206 Å². The van der Waals surface area contributed by atoms with Gasteiger partial charge in [0.25, 0.3) is 0 Å². The average molecular weight is 479 g/mol. The van der Waals surface area contributed by atoms with Gasteiger partial charge in [0.1, 0.15) is 11.4 Å². The summed E-state index contributed by atoms with van der Waals surface area (Å²) in [6.07, 6.45) is 1.53. The van der Waals surface area contributed by atoms with Gasteiger partial charge in [-0.25, -0.2) is 14.6 Å². The molecule has 0 fully saturated rings. The van der Waals surface area contributed by atoms with Crippen molar-refractivity contribution >= 4 is 11.9 Å². The predicted molar refractivity (Wildman–Crippen MR) is 134 cm³/mol. The van der Waals surface area contributed by atoms with Crippen LogP contribution in [0.4, 0.5) is 0 Å². The standard InChI is InChI=1S/C28H34N2O5/c1-6-10-24-29-23(18-31)25(27(33)34-7-2)30(24)17-19-13-15-20(16-14-19)21-11-8-9-12-22(21)26(32)35-28(3,4)5/h8-9,11-16,31H,6-7,10,17-18H2,1-5H3. The number of imidazole rings is 1. The third kappa shape index (κ3) is 6.36. The number of aliphatic hydroxyl groups excluding tert-OH is 1. The van der Waals surface area contributed by atoms with Gasteiger partial charge in [0.15, 0.2) is 5.69 Å². The Hall–Kier alpha value is -3.45. The molecule has 0 saturated heterocycles. The summed E-state index contributed by atoms with van der Waals surface area (Å²) in [5.41, 5.74) is 3.17. The van der Waals surface area contributed by atoms with Gasteiger partial charge in [-0.05, 0) is 56.9 Å². The summed E-state index contributed by atoms with van der Waals surface area (Å²) in [7, 11) is 0. The second-order valence-corrected chi connectivity index (χ2v) is 9.28. The van der Waals surface area contributed by atoms with E-state index in [9.17, 15) is 14.7 Å². The van der Waals surface area contributed by atoms with Crippen molar-refractivity contribution in [1.29, 1.82) is 0 Å². The zero-order chi connectivity index (χ0) is 25.6.